The van der Waals surface area contributed by atoms with E-state index in [2.05, 4.69) is 10.1 Å². The second-order valence-electron chi connectivity index (χ2n) is 3.63. The van der Waals surface area contributed by atoms with Gasteiger partial charge in [0, 0.05) is 40.9 Å². The van der Waals surface area contributed by atoms with Gasteiger partial charge in [0.25, 0.3) is 0 Å². The molecule has 0 aliphatic carbocycles. The van der Waals surface area contributed by atoms with Crippen LogP contribution in [0.25, 0.3) is 11.4 Å². The van der Waals surface area contributed by atoms with Crippen molar-refractivity contribution in [1.82, 2.24) is 14.8 Å². The van der Waals surface area contributed by atoms with Crippen LogP contribution in [0.1, 0.15) is 5.56 Å². The fourth-order valence-electron chi connectivity index (χ4n) is 1.61. The van der Waals surface area contributed by atoms with E-state index in [4.69, 9.17) is 11.6 Å². The van der Waals surface area contributed by atoms with Crippen LogP contribution in [0.15, 0.2) is 30.6 Å². The van der Waals surface area contributed by atoms with E-state index in [0.29, 0.717) is 11.4 Å². The van der Waals surface area contributed by atoms with Gasteiger partial charge in [0.05, 0.1) is 11.4 Å². The monoisotopic (exact) mass is 383 g/mol. The molecule has 0 saturated heterocycles. The Kier molecular flexibility index (Phi) is 4.16. The van der Waals surface area contributed by atoms with Crippen molar-refractivity contribution in [2.24, 2.45) is 0 Å². The van der Waals surface area contributed by atoms with Crippen LogP contribution in [0.3, 0.4) is 0 Å². The van der Waals surface area contributed by atoms with Crippen molar-refractivity contribution in [3.63, 3.8) is 0 Å². The van der Waals surface area contributed by atoms with Crippen molar-refractivity contribution in [1.29, 1.82) is 0 Å². The number of hydrogen-bond acceptors (Lipinski definition) is 2. The van der Waals surface area contributed by atoms with Crippen LogP contribution < -0.4 is 0 Å². The highest BCUT2D eigenvalue weighted by Gasteiger charge is 2.26. The zero-order valence-corrected chi connectivity index (χ0v) is 12.1. The van der Waals surface area contributed by atoms with Crippen LogP contribution in [-0.4, -0.2) is 18.7 Å². The van der Waals surface area contributed by atoms with E-state index in [9.17, 15) is 8.78 Å². The third kappa shape index (κ3) is 3.17. The summed E-state index contributed by atoms with van der Waals surface area (Å²) in [5.74, 6) is 0.273. The molecule has 18 heavy (non-hydrogen) atoms. The van der Waals surface area contributed by atoms with Gasteiger partial charge in [-0.3, -0.25) is 9.67 Å². The molecule has 0 bridgehead atoms. The average Bonchev–Trinajstić information content (AvgIpc) is 2.74. The molecule has 2 heterocycles. The number of aromatic nitrogens is 3. The van der Waals surface area contributed by atoms with Crippen molar-refractivity contribution >= 4 is 34.2 Å². The molecule has 0 radical (unpaired) electrons. The fourth-order valence-corrected chi connectivity index (χ4v) is 2.15. The number of nitrogens with zero attached hydrogens (tertiary/aromatic N) is 3. The lowest BCUT2D eigenvalue weighted by Crippen LogP contribution is -2.17. The Bertz CT molecular complexity index is 539. The zero-order valence-electron chi connectivity index (χ0n) is 9.15. The lowest BCUT2D eigenvalue weighted by Gasteiger charge is -2.12. The summed E-state index contributed by atoms with van der Waals surface area (Å²) in [7, 11) is 0. The van der Waals surface area contributed by atoms with Crippen molar-refractivity contribution in [3.8, 4) is 11.4 Å². The van der Waals surface area contributed by atoms with Gasteiger partial charge < -0.3 is 0 Å². The highest BCUT2D eigenvalue weighted by atomic mass is 127. The third-order valence-electron chi connectivity index (χ3n) is 2.32. The number of hydrogen-bond donors (Lipinski definition) is 0. The molecule has 0 aliphatic heterocycles. The zero-order chi connectivity index (χ0) is 13.2. The van der Waals surface area contributed by atoms with Crippen molar-refractivity contribution < 1.29 is 8.78 Å². The topological polar surface area (TPSA) is 30.7 Å². The Labute approximate surface area is 121 Å². The number of alkyl halides is 4. The maximum atomic E-state index is 13.0. The molecular formula is C11H9ClF2IN3. The van der Waals surface area contributed by atoms with Gasteiger partial charge in [0.1, 0.15) is 6.54 Å². The molecule has 2 rings (SSSR count). The molecule has 2 aromatic rings. The SMILES string of the molecule is FC(F)(I)Cn1nccc1-c1ncccc1CCl. The quantitative estimate of drug-likeness (QED) is 0.595. The van der Waals surface area contributed by atoms with Gasteiger partial charge in [-0.05, 0) is 17.7 Å². The molecule has 0 fully saturated rings. The van der Waals surface area contributed by atoms with Gasteiger partial charge in [-0.25, -0.2) is 0 Å². The molecule has 0 N–H and O–H groups in total. The van der Waals surface area contributed by atoms with E-state index in [1.807, 2.05) is 6.07 Å². The van der Waals surface area contributed by atoms with Crippen LogP contribution >= 0.6 is 34.2 Å². The van der Waals surface area contributed by atoms with Gasteiger partial charge in [0.2, 0.25) is 0 Å². The molecule has 7 heteroatoms. The molecule has 96 valence electrons. The maximum absolute atomic E-state index is 13.0. The van der Waals surface area contributed by atoms with Crippen molar-refractivity contribution in [2.75, 3.05) is 0 Å². The maximum Gasteiger partial charge on any atom is 0.315 e. The predicted molar refractivity (Wildman–Crippen MR) is 74.0 cm³/mol. The van der Waals surface area contributed by atoms with Crippen molar-refractivity contribution in [2.45, 2.75) is 16.4 Å². The summed E-state index contributed by atoms with van der Waals surface area (Å²) in [4.78, 5) is 4.19. The second-order valence-corrected chi connectivity index (χ2v) is 5.48. The van der Waals surface area contributed by atoms with Gasteiger partial charge in [0.15, 0.2) is 0 Å². The summed E-state index contributed by atoms with van der Waals surface area (Å²) in [5.41, 5.74) is 1.92. The summed E-state index contributed by atoms with van der Waals surface area (Å²) in [6.45, 7) is -0.492. The fraction of sp³-hybridized carbons (Fsp3) is 0.273. The van der Waals surface area contributed by atoms with E-state index in [1.165, 1.54) is 10.9 Å². The lowest BCUT2D eigenvalue weighted by atomic mass is 10.1. The standard InChI is InChI=1S/C11H9ClF2IN3/c12-6-8-2-1-4-16-10(8)9-3-5-17-18(9)7-11(13,14)15/h1-5H,6-7H2. The van der Waals surface area contributed by atoms with Crippen LogP contribution in [0.2, 0.25) is 0 Å². The first-order valence-electron chi connectivity index (χ1n) is 5.10. The molecule has 0 spiro atoms. The molecule has 3 nitrogen and oxygen atoms in total. The van der Waals surface area contributed by atoms with Gasteiger partial charge >= 0.3 is 3.93 Å². The molecule has 0 amide bonds. The first kappa shape index (κ1) is 13.7. The normalized spacial score (nSPS) is 11.8. The van der Waals surface area contributed by atoms with E-state index in [0.717, 1.165) is 28.2 Å². The third-order valence-corrected chi connectivity index (χ3v) is 2.95. The van der Waals surface area contributed by atoms with E-state index in [-0.39, 0.29) is 5.88 Å². The first-order valence-corrected chi connectivity index (χ1v) is 6.71. The summed E-state index contributed by atoms with van der Waals surface area (Å²) >= 11 is 6.91. The lowest BCUT2D eigenvalue weighted by molar-refractivity contribution is 0.102. The summed E-state index contributed by atoms with van der Waals surface area (Å²) in [5, 5.41) is 3.90. The van der Waals surface area contributed by atoms with Crippen LogP contribution in [0.4, 0.5) is 8.78 Å². The van der Waals surface area contributed by atoms with Crippen LogP contribution in [-0.2, 0) is 12.4 Å². The Hall–Kier alpha value is -0.760. The molecule has 2 aromatic heterocycles. The smallest absolute Gasteiger partial charge is 0.256 e. The Balaban J connectivity index is 2.42. The highest BCUT2D eigenvalue weighted by Crippen LogP contribution is 2.28. The molecule has 0 atom stereocenters. The summed E-state index contributed by atoms with van der Waals surface area (Å²) in [6.07, 6.45) is 3.08. The average molecular weight is 384 g/mol. The van der Waals surface area contributed by atoms with Gasteiger partial charge in [-0.2, -0.15) is 13.9 Å². The van der Waals surface area contributed by atoms with Crippen molar-refractivity contribution in [3.05, 3.63) is 36.2 Å². The Morgan fingerprint density at radius 3 is 2.78 bits per heavy atom. The van der Waals surface area contributed by atoms with E-state index < -0.39 is 10.5 Å². The first-order chi connectivity index (χ1) is 8.51. The largest absolute Gasteiger partial charge is 0.315 e. The Morgan fingerprint density at radius 2 is 2.11 bits per heavy atom. The summed E-state index contributed by atoms with van der Waals surface area (Å²) in [6, 6.07) is 5.23. The molecular weight excluding hydrogens is 374 g/mol. The number of halogens is 4. The Morgan fingerprint density at radius 1 is 1.33 bits per heavy atom. The predicted octanol–water partition coefficient (Wildman–Crippen LogP) is 3.71. The van der Waals surface area contributed by atoms with E-state index >= 15 is 0 Å². The number of pyridine rings is 1. The minimum atomic E-state index is -2.85. The van der Waals surface area contributed by atoms with Crippen LogP contribution in [0.5, 0.6) is 0 Å². The minimum absolute atomic E-state index is 0.273. The molecule has 0 unspecified atom stereocenters. The van der Waals surface area contributed by atoms with Gasteiger partial charge in [-0.1, -0.05) is 6.07 Å². The summed E-state index contributed by atoms with van der Waals surface area (Å²) < 4.78 is 24.5. The second kappa shape index (κ2) is 5.48. The van der Waals surface area contributed by atoms with Crippen LogP contribution in [0, 0.1) is 0 Å². The minimum Gasteiger partial charge on any atom is -0.256 e. The van der Waals surface area contributed by atoms with Gasteiger partial charge in [-0.15, -0.1) is 11.6 Å². The van der Waals surface area contributed by atoms with E-state index in [1.54, 1.807) is 18.3 Å². The highest BCUT2D eigenvalue weighted by molar-refractivity contribution is 14.1. The molecule has 0 aliphatic rings. The molecule has 0 saturated carbocycles. The molecule has 0 aromatic carbocycles. The number of rotatable bonds is 4.